The number of fused-ring (bicyclic) bond motifs is 1. The molecule has 2 aromatic rings. The van der Waals surface area contributed by atoms with Gasteiger partial charge in [0.15, 0.2) is 0 Å². The van der Waals surface area contributed by atoms with Gasteiger partial charge in [0.2, 0.25) is 0 Å². The molecule has 1 fully saturated rings. The van der Waals surface area contributed by atoms with Gasteiger partial charge in [0.05, 0.1) is 26.4 Å². The molecule has 3 rings (SSSR count). The number of rotatable bonds is 3. The van der Waals surface area contributed by atoms with Gasteiger partial charge in [0.1, 0.15) is 0 Å². The number of aryl methyl sites for hydroxylation is 2. The molecule has 0 radical (unpaired) electrons. The van der Waals surface area contributed by atoms with E-state index in [0.29, 0.717) is 0 Å². The van der Waals surface area contributed by atoms with Crippen LogP contribution in [0.5, 0.6) is 0 Å². The van der Waals surface area contributed by atoms with Gasteiger partial charge in [-0.3, -0.25) is 0 Å². The first-order valence-electron chi connectivity index (χ1n) is 8.05. The van der Waals surface area contributed by atoms with Gasteiger partial charge in [0.25, 0.3) is 0 Å². The second-order valence-corrected chi connectivity index (χ2v) is 8.04. The van der Waals surface area contributed by atoms with Crippen LogP contribution >= 0.6 is 11.3 Å². The van der Waals surface area contributed by atoms with E-state index in [0.717, 1.165) is 23.8 Å². The van der Waals surface area contributed by atoms with E-state index in [4.69, 9.17) is 14.3 Å². The molecule has 0 aliphatic carbocycles. The monoisotopic (exact) mass is 334 g/mol. The second kappa shape index (κ2) is 6.17. The zero-order chi connectivity index (χ0) is 16.1. The molecule has 1 aromatic carbocycles. The highest BCUT2D eigenvalue weighted by Gasteiger charge is 2.51. The largest absolute Gasteiger partial charge is 0.494 e. The van der Waals surface area contributed by atoms with Gasteiger partial charge < -0.3 is 15.5 Å². The van der Waals surface area contributed by atoms with Crippen molar-refractivity contribution in [1.29, 1.82) is 0 Å². The van der Waals surface area contributed by atoms with Crippen LogP contribution in [-0.2, 0) is 22.2 Å². The van der Waals surface area contributed by atoms with Gasteiger partial charge in [-0.25, -0.2) is 4.98 Å². The summed E-state index contributed by atoms with van der Waals surface area (Å²) >= 11 is 1.78. The molecule has 1 aliphatic rings. The number of nitrogens with zero attached hydrogens (tertiary/aromatic N) is 1. The number of benzene rings is 1. The minimum Gasteiger partial charge on any atom is -0.399 e. The Morgan fingerprint density at radius 3 is 2.17 bits per heavy atom. The zero-order valence-corrected chi connectivity index (χ0v) is 15.8. The first-order valence-corrected chi connectivity index (χ1v) is 8.87. The van der Waals surface area contributed by atoms with Crippen LogP contribution < -0.4 is 11.6 Å². The van der Waals surface area contributed by atoms with Gasteiger partial charge in [-0.15, -0.1) is 11.3 Å². The van der Waals surface area contributed by atoms with Crippen LogP contribution in [0.4, 0.5) is 0 Å². The second-order valence-electron chi connectivity index (χ2n) is 6.93. The smallest absolute Gasteiger partial charge is 0.399 e. The van der Waals surface area contributed by atoms with Crippen LogP contribution in [0, 0.1) is 0 Å². The highest BCUT2D eigenvalue weighted by Crippen LogP contribution is 2.37. The van der Waals surface area contributed by atoms with E-state index in [2.05, 4.69) is 53.7 Å². The minimum atomic E-state index is -0.304. The lowest BCUT2D eigenvalue weighted by Crippen LogP contribution is -2.41. The molecule has 1 aliphatic heterocycles. The molecule has 0 spiro atoms. The van der Waals surface area contributed by atoms with E-state index in [1.165, 1.54) is 15.3 Å². The topological polar surface area (TPSA) is 66.3 Å². The van der Waals surface area contributed by atoms with E-state index < -0.39 is 0 Å². The summed E-state index contributed by atoms with van der Waals surface area (Å²) in [7, 11) is -0.299. The third-order valence-corrected chi connectivity index (χ3v) is 6.00. The van der Waals surface area contributed by atoms with E-state index in [9.17, 15) is 0 Å². The van der Waals surface area contributed by atoms with Gasteiger partial charge >= 0.3 is 7.12 Å². The first-order chi connectivity index (χ1) is 10.3. The van der Waals surface area contributed by atoms with Crippen LogP contribution in [-0.4, -0.2) is 23.3 Å². The normalized spacial score (nSPS) is 19.1. The van der Waals surface area contributed by atoms with Crippen molar-refractivity contribution >= 4 is 34.1 Å². The number of thiazole rings is 1. The van der Waals surface area contributed by atoms with E-state index in [1.807, 2.05) is 0 Å². The third-order valence-electron chi connectivity index (χ3n) is 4.85. The van der Waals surface area contributed by atoms with Crippen molar-refractivity contribution in [1.82, 2.24) is 11.1 Å². The molecule has 23 heavy (non-hydrogen) atoms. The first kappa shape index (κ1) is 18.4. The van der Waals surface area contributed by atoms with Crippen molar-refractivity contribution in [3.8, 4) is 0 Å². The molecule has 0 amide bonds. The summed E-state index contributed by atoms with van der Waals surface area (Å²) in [5.41, 5.74) is 2.92. The fourth-order valence-electron chi connectivity index (χ4n) is 2.70. The average molecular weight is 334 g/mol. The predicted octanol–water partition coefficient (Wildman–Crippen LogP) is 3.88. The molecular weight excluding hydrogens is 307 g/mol. The standard InChI is InChI=1S/C17H24BNO2S.H3N/c1-7-11-9-12(10-13-15(11)19-14(8-2)22-13)18-20-16(3,4)17(5,6)21-18;/h9-10H,7-8H2,1-6H3;1H3. The zero-order valence-electron chi connectivity index (χ0n) is 15.0. The number of hydrogen-bond acceptors (Lipinski definition) is 5. The Morgan fingerprint density at radius 1 is 1.04 bits per heavy atom. The molecule has 4 nitrogen and oxygen atoms in total. The summed E-state index contributed by atoms with van der Waals surface area (Å²) < 4.78 is 13.6. The Kier molecular flexibility index (Phi) is 4.93. The molecule has 0 unspecified atom stereocenters. The molecule has 1 saturated heterocycles. The van der Waals surface area contributed by atoms with Crippen LogP contribution in [0.15, 0.2) is 12.1 Å². The Balaban J connectivity index is 0.00000192. The van der Waals surface area contributed by atoms with Crippen molar-refractivity contribution in [2.75, 3.05) is 0 Å². The van der Waals surface area contributed by atoms with Gasteiger partial charge in [-0.1, -0.05) is 19.9 Å². The summed E-state index contributed by atoms with van der Waals surface area (Å²) in [5, 5.41) is 1.19. The average Bonchev–Trinajstić information content (AvgIpc) is 2.96. The Bertz CT molecular complexity index is 696. The quantitative estimate of drug-likeness (QED) is 0.865. The van der Waals surface area contributed by atoms with Crippen LogP contribution in [0.25, 0.3) is 10.2 Å². The summed E-state index contributed by atoms with van der Waals surface area (Å²) in [6.07, 6.45) is 1.95. The lowest BCUT2D eigenvalue weighted by atomic mass is 9.78. The summed E-state index contributed by atoms with van der Waals surface area (Å²) in [5.74, 6) is 0. The fourth-order valence-corrected chi connectivity index (χ4v) is 3.71. The van der Waals surface area contributed by atoms with E-state index >= 15 is 0 Å². The Labute approximate surface area is 143 Å². The number of aromatic nitrogens is 1. The Morgan fingerprint density at radius 2 is 1.65 bits per heavy atom. The SMILES string of the molecule is CCc1nc2c(CC)cc(B3OC(C)(C)C(C)(C)O3)cc2s1.N. The van der Waals surface area contributed by atoms with Crippen LogP contribution in [0.1, 0.15) is 52.1 Å². The third kappa shape index (κ3) is 3.05. The molecule has 126 valence electrons. The molecule has 0 atom stereocenters. The van der Waals surface area contributed by atoms with Crippen molar-refractivity contribution in [3.63, 3.8) is 0 Å². The summed E-state index contributed by atoms with van der Waals surface area (Å²) in [6, 6.07) is 4.39. The molecule has 0 bridgehead atoms. The summed E-state index contributed by atoms with van der Waals surface area (Å²) in [6.45, 7) is 12.7. The highest BCUT2D eigenvalue weighted by atomic mass is 32.1. The maximum atomic E-state index is 6.19. The van der Waals surface area contributed by atoms with Crippen LogP contribution in [0.3, 0.4) is 0 Å². The highest BCUT2D eigenvalue weighted by molar-refractivity contribution is 7.18. The van der Waals surface area contributed by atoms with Crippen molar-refractivity contribution < 1.29 is 9.31 Å². The molecule has 6 heteroatoms. The van der Waals surface area contributed by atoms with E-state index in [1.54, 1.807) is 11.3 Å². The Hall–Kier alpha value is -0.945. The van der Waals surface area contributed by atoms with Crippen LogP contribution in [0.2, 0.25) is 0 Å². The van der Waals surface area contributed by atoms with Gasteiger partial charge in [0, 0.05) is 0 Å². The minimum absolute atomic E-state index is 0. The molecular formula is C17H27BN2O2S. The predicted molar refractivity (Wildman–Crippen MR) is 99.1 cm³/mol. The van der Waals surface area contributed by atoms with Crippen molar-refractivity contribution in [2.45, 2.75) is 65.6 Å². The number of hydrogen-bond donors (Lipinski definition) is 1. The molecule has 3 N–H and O–H groups in total. The maximum absolute atomic E-state index is 6.19. The van der Waals surface area contributed by atoms with Crippen molar-refractivity contribution in [2.24, 2.45) is 0 Å². The maximum Gasteiger partial charge on any atom is 0.494 e. The fraction of sp³-hybridized carbons (Fsp3) is 0.588. The van der Waals surface area contributed by atoms with Gasteiger partial charge in [-0.2, -0.15) is 0 Å². The molecule has 1 aromatic heterocycles. The van der Waals surface area contributed by atoms with Crippen molar-refractivity contribution in [3.05, 3.63) is 22.7 Å². The lowest BCUT2D eigenvalue weighted by molar-refractivity contribution is 0.00578. The van der Waals surface area contributed by atoms with Gasteiger partial charge in [-0.05, 0) is 57.6 Å². The molecule has 2 heterocycles. The van der Waals surface area contributed by atoms with E-state index in [-0.39, 0.29) is 24.5 Å². The molecule has 0 saturated carbocycles. The summed E-state index contributed by atoms with van der Waals surface area (Å²) in [4.78, 5) is 4.76. The lowest BCUT2D eigenvalue weighted by Gasteiger charge is -2.32.